The first-order chi connectivity index (χ1) is 9.04. The summed E-state index contributed by atoms with van der Waals surface area (Å²) >= 11 is 17.5. The van der Waals surface area contributed by atoms with E-state index >= 15 is 0 Å². The van der Waals surface area contributed by atoms with Crippen LogP contribution in [-0.4, -0.2) is 9.97 Å². The predicted octanol–water partition coefficient (Wildman–Crippen LogP) is 4.14. The van der Waals surface area contributed by atoms with Gasteiger partial charge in [0.05, 0.1) is 20.9 Å². The Hall–Kier alpha value is -1.49. The Labute approximate surface area is 121 Å². The number of nitrogens with zero attached hydrogens (tertiary/aromatic N) is 1. The second kappa shape index (κ2) is 4.56. The molecule has 96 valence electrons. The van der Waals surface area contributed by atoms with E-state index in [1.54, 1.807) is 12.1 Å². The van der Waals surface area contributed by atoms with E-state index in [-0.39, 0.29) is 16.6 Å². The van der Waals surface area contributed by atoms with E-state index in [1.807, 2.05) is 0 Å². The minimum absolute atomic E-state index is 0.215. The highest BCUT2D eigenvalue weighted by molar-refractivity contribution is 6.42. The van der Waals surface area contributed by atoms with E-state index in [9.17, 15) is 4.79 Å². The first kappa shape index (κ1) is 12.5. The zero-order valence-electron chi connectivity index (χ0n) is 9.21. The third-order valence-electron chi connectivity index (χ3n) is 2.55. The third kappa shape index (κ3) is 2.23. The van der Waals surface area contributed by atoms with Gasteiger partial charge in [0.15, 0.2) is 16.8 Å². The minimum atomic E-state index is -0.328. The molecule has 2 heterocycles. The fourth-order valence-corrected chi connectivity index (χ4v) is 2.16. The van der Waals surface area contributed by atoms with Gasteiger partial charge in [-0.15, -0.1) is 0 Å². The smallest absolute Gasteiger partial charge is 0.259 e. The van der Waals surface area contributed by atoms with Crippen molar-refractivity contribution in [1.82, 2.24) is 9.97 Å². The Kier molecular flexibility index (Phi) is 3.01. The first-order valence-corrected chi connectivity index (χ1v) is 6.33. The molecule has 1 aromatic carbocycles. The maximum Gasteiger partial charge on any atom is 0.259 e. The number of halogens is 3. The van der Waals surface area contributed by atoms with Crippen molar-refractivity contribution in [2.45, 2.75) is 0 Å². The molecule has 0 atom stereocenters. The minimum Gasteiger partial charge on any atom is -0.441 e. The molecule has 0 amide bonds. The second-order valence-electron chi connectivity index (χ2n) is 3.80. The highest BCUT2D eigenvalue weighted by atomic mass is 35.5. The summed E-state index contributed by atoms with van der Waals surface area (Å²) in [6.07, 6.45) is 0. The fourth-order valence-electron chi connectivity index (χ4n) is 1.69. The lowest BCUT2D eigenvalue weighted by atomic mass is 10.2. The molecule has 3 rings (SSSR count). The molecule has 0 aliphatic heterocycles. The van der Waals surface area contributed by atoms with Gasteiger partial charge in [0.1, 0.15) is 0 Å². The molecule has 0 saturated heterocycles. The van der Waals surface area contributed by atoms with E-state index in [0.29, 0.717) is 26.7 Å². The van der Waals surface area contributed by atoms with Crippen molar-refractivity contribution in [1.29, 1.82) is 0 Å². The van der Waals surface area contributed by atoms with E-state index < -0.39 is 0 Å². The van der Waals surface area contributed by atoms with Crippen LogP contribution in [0.3, 0.4) is 0 Å². The Bertz CT molecular complexity index is 839. The average molecular weight is 316 g/mol. The molecule has 0 spiro atoms. The number of aromatic nitrogens is 2. The number of benzene rings is 1. The van der Waals surface area contributed by atoms with Crippen LogP contribution in [0.1, 0.15) is 0 Å². The Morgan fingerprint density at radius 2 is 1.84 bits per heavy atom. The number of nitrogens with one attached hydrogen (secondary N) is 1. The zero-order valence-corrected chi connectivity index (χ0v) is 11.5. The van der Waals surface area contributed by atoms with Crippen molar-refractivity contribution in [3.8, 4) is 11.6 Å². The summed E-state index contributed by atoms with van der Waals surface area (Å²) in [5.41, 5.74) is 0.103. The molecule has 0 aliphatic rings. The highest BCUT2D eigenvalue weighted by Crippen LogP contribution is 2.27. The summed E-state index contributed by atoms with van der Waals surface area (Å²) in [6.45, 7) is 0. The molecule has 0 bridgehead atoms. The number of fused-ring (bicyclic) bond motifs is 1. The standard InChI is InChI=1S/C12H5Cl3N2O2/c13-6-3-5-8(4-7(6)14)16-11(17-12(5)18)9-1-2-10(15)19-9/h1-4H,(H,16,17,18). The first-order valence-electron chi connectivity index (χ1n) is 5.19. The molecular weight excluding hydrogens is 311 g/mol. The van der Waals surface area contributed by atoms with Crippen molar-refractivity contribution in [3.63, 3.8) is 0 Å². The number of hydrogen-bond donors (Lipinski definition) is 1. The van der Waals surface area contributed by atoms with E-state index in [2.05, 4.69) is 9.97 Å². The van der Waals surface area contributed by atoms with E-state index in [1.165, 1.54) is 12.1 Å². The van der Waals surface area contributed by atoms with Crippen LogP contribution in [0.5, 0.6) is 0 Å². The predicted molar refractivity (Wildman–Crippen MR) is 75.1 cm³/mol. The van der Waals surface area contributed by atoms with Gasteiger partial charge < -0.3 is 9.40 Å². The fraction of sp³-hybridized carbons (Fsp3) is 0. The van der Waals surface area contributed by atoms with Crippen LogP contribution in [0.4, 0.5) is 0 Å². The van der Waals surface area contributed by atoms with E-state index in [4.69, 9.17) is 39.2 Å². The second-order valence-corrected chi connectivity index (χ2v) is 4.99. The van der Waals surface area contributed by atoms with Crippen molar-refractivity contribution in [2.24, 2.45) is 0 Å². The molecule has 7 heteroatoms. The SMILES string of the molecule is O=c1[nH]c(-c2ccc(Cl)o2)nc2cc(Cl)c(Cl)cc12. The molecule has 0 aliphatic carbocycles. The van der Waals surface area contributed by atoms with Crippen LogP contribution in [0.15, 0.2) is 33.5 Å². The maximum atomic E-state index is 12.0. The van der Waals surface area contributed by atoms with E-state index in [0.717, 1.165) is 0 Å². The summed E-state index contributed by atoms with van der Waals surface area (Å²) in [4.78, 5) is 18.8. The number of hydrogen-bond acceptors (Lipinski definition) is 3. The van der Waals surface area contributed by atoms with Gasteiger partial charge in [0.25, 0.3) is 5.56 Å². The molecule has 4 nitrogen and oxygen atoms in total. The monoisotopic (exact) mass is 314 g/mol. The summed E-state index contributed by atoms with van der Waals surface area (Å²) in [6, 6.07) is 6.19. The molecule has 0 saturated carbocycles. The van der Waals surface area contributed by atoms with Gasteiger partial charge in [-0.25, -0.2) is 4.98 Å². The normalized spacial score (nSPS) is 11.1. The summed E-state index contributed by atoms with van der Waals surface area (Å²) in [5.74, 6) is 0.651. The van der Waals surface area contributed by atoms with Gasteiger partial charge in [-0.2, -0.15) is 0 Å². The summed E-state index contributed by atoms with van der Waals surface area (Å²) < 4.78 is 5.20. The van der Waals surface area contributed by atoms with Crippen LogP contribution >= 0.6 is 34.8 Å². The molecule has 2 aromatic heterocycles. The summed E-state index contributed by atoms with van der Waals surface area (Å²) in [5, 5.41) is 1.20. The van der Waals surface area contributed by atoms with Crippen LogP contribution < -0.4 is 5.56 Å². The van der Waals surface area contributed by atoms with Gasteiger partial charge in [-0.05, 0) is 35.9 Å². The lowest BCUT2D eigenvalue weighted by Gasteiger charge is -2.02. The Balaban J connectivity index is 2.30. The Morgan fingerprint density at radius 1 is 1.11 bits per heavy atom. The largest absolute Gasteiger partial charge is 0.441 e. The zero-order chi connectivity index (χ0) is 13.6. The molecule has 0 unspecified atom stereocenters. The number of rotatable bonds is 1. The van der Waals surface area contributed by atoms with Gasteiger partial charge in [-0.3, -0.25) is 4.79 Å². The highest BCUT2D eigenvalue weighted by Gasteiger charge is 2.11. The van der Waals surface area contributed by atoms with Crippen molar-refractivity contribution < 1.29 is 4.42 Å². The third-order valence-corrected chi connectivity index (χ3v) is 3.48. The van der Waals surface area contributed by atoms with Crippen molar-refractivity contribution in [2.75, 3.05) is 0 Å². The average Bonchev–Trinajstić information content (AvgIpc) is 2.78. The molecular formula is C12H5Cl3N2O2. The lowest BCUT2D eigenvalue weighted by Crippen LogP contribution is -2.09. The van der Waals surface area contributed by atoms with Gasteiger partial charge >= 0.3 is 0 Å². The van der Waals surface area contributed by atoms with Crippen molar-refractivity contribution in [3.05, 3.63) is 49.9 Å². The lowest BCUT2D eigenvalue weighted by molar-refractivity contribution is 0.579. The van der Waals surface area contributed by atoms with Gasteiger partial charge in [0.2, 0.25) is 0 Å². The molecule has 3 aromatic rings. The van der Waals surface area contributed by atoms with Crippen LogP contribution in [0.2, 0.25) is 15.3 Å². The number of furan rings is 1. The Morgan fingerprint density at radius 3 is 2.53 bits per heavy atom. The molecule has 0 radical (unpaired) electrons. The topological polar surface area (TPSA) is 58.9 Å². The molecule has 19 heavy (non-hydrogen) atoms. The number of aromatic amines is 1. The van der Waals surface area contributed by atoms with Crippen LogP contribution in [0, 0.1) is 0 Å². The van der Waals surface area contributed by atoms with Gasteiger partial charge in [-0.1, -0.05) is 23.2 Å². The molecule has 0 fully saturated rings. The van der Waals surface area contributed by atoms with Crippen LogP contribution in [-0.2, 0) is 0 Å². The number of H-pyrrole nitrogens is 1. The maximum absolute atomic E-state index is 12.0. The quantitative estimate of drug-likeness (QED) is 0.734. The van der Waals surface area contributed by atoms with Crippen molar-refractivity contribution >= 4 is 45.7 Å². The van der Waals surface area contributed by atoms with Crippen LogP contribution in [0.25, 0.3) is 22.5 Å². The molecule has 1 N–H and O–H groups in total. The van der Waals surface area contributed by atoms with Gasteiger partial charge in [0, 0.05) is 0 Å². The summed E-state index contributed by atoms with van der Waals surface area (Å²) in [7, 11) is 0.